The van der Waals surface area contributed by atoms with Gasteiger partial charge in [0.1, 0.15) is 0 Å². The van der Waals surface area contributed by atoms with Crippen LogP contribution in [-0.2, 0) is 21.4 Å². The quantitative estimate of drug-likeness (QED) is 0.851. The van der Waals surface area contributed by atoms with Crippen LogP contribution < -0.4 is 4.72 Å². The molecule has 1 aromatic heterocycles. The number of aliphatic hydroxyl groups is 1. The largest absolute Gasteiger partial charge is 0.391 e. The Labute approximate surface area is 111 Å². The Balaban J connectivity index is 2.09. The number of nitrogens with one attached hydrogen (secondary N) is 1. The number of rotatable bonds is 5. The Morgan fingerprint density at radius 3 is 2.94 bits per heavy atom. The van der Waals surface area contributed by atoms with Gasteiger partial charge in [-0.2, -0.15) is 0 Å². The van der Waals surface area contributed by atoms with Crippen molar-refractivity contribution >= 4 is 21.4 Å². The topological polar surface area (TPSA) is 75.6 Å². The van der Waals surface area contributed by atoms with Crippen LogP contribution in [0.5, 0.6) is 0 Å². The van der Waals surface area contributed by atoms with E-state index in [0.29, 0.717) is 11.3 Å². The maximum atomic E-state index is 12.2. The number of hydrogen-bond acceptors (Lipinski definition) is 5. The molecular formula is C11H17NO4S2. The molecule has 0 amide bonds. The zero-order valence-electron chi connectivity index (χ0n) is 10.1. The predicted octanol–water partition coefficient (Wildman–Crippen LogP) is 1.09. The minimum absolute atomic E-state index is 0.0774. The summed E-state index contributed by atoms with van der Waals surface area (Å²) >= 11 is 1.25. The zero-order valence-corrected chi connectivity index (χ0v) is 11.8. The highest BCUT2D eigenvalue weighted by atomic mass is 32.2. The molecule has 102 valence electrons. The van der Waals surface area contributed by atoms with Crippen molar-refractivity contribution in [3.8, 4) is 0 Å². The van der Waals surface area contributed by atoms with Gasteiger partial charge in [-0.15, -0.1) is 11.3 Å². The lowest BCUT2D eigenvalue weighted by molar-refractivity contribution is 0.107. The van der Waals surface area contributed by atoms with E-state index >= 15 is 0 Å². The minimum atomic E-state index is -3.53. The van der Waals surface area contributed by atoms with Crippen LogP contribution in [0.4, 0.5) is 0 Å². The molecule has 1 heterocycles. The summed E-state index contributed by atoms with van der Waals surface area (Å²) in [5.74, 6) is 0. The Morgan fingerprint density at radius 2 is 2.33 bits per heavy atom. The zero-order chi connectivity index (χ0) is 13.2. The lowest BCUT2D eigenvalue weighted by Gasteiger charge is -2.13. The predicted molar refractivity (Wildman–Crippen MR) is 69.0 cm³/mol. The van der Waals surface area contributed by atoms with Gasteiger partial charge < -0.3 is 9.84 Å². The molecule has 1 aliphatic carbocycles. The highest BCUT2D eigenvalue weighted by Gasteiger charge is 2.29. The molecule has 0 aromatic carbocycles. The molecular weight excluding hydrogens is 274 g/mol. The van der Waals surface area contributed by atoms with Crippen molar-refractivity contribution in [2.75, 3.05) is 7.11 Å². The standard InChI is InChI=1S/C11H17NO4S2/c1-16-9-3-2-8(6-9)12-18(14,15)11-4-5-17-10(11)7-13/h4-5,8-9,12-13H,2-3,6-7H2,1H3. The molecule has 0 aliphatic heterocycles. The Bertz CT molecular complexity index is 497. The van der Waals surface area contributed by atoms with Crippen molar-refractivity contribution in [1.29, 1.82) is 0 Å². The Hall–Kier alpha value is -0.470. The first-order valence-corrected chi connectivity index (χ1v) is 8.15. The van der Waals surface area contributed by atoms with Crippen molar-refractivity contribution in [3.05, 3.63) is 16.3 Å². The van der Waals surface area contributed by atoms with E-state index in [0.717, 1.165) is 12.8 Å². The molecule has 1 aliphatic rings. The fourth-order valence-electron chi connectivity index (χ4n) is 2.23. The van der Waals surface area contributed by atoms with Crippen LogP contribution in [-0.4, -0.2) is 32.8 Å². The lowest BCUT2D eigenvalue weighted by Crippen LogP contribution is -2.33. The molecule has 18 heavy (non-hydrogen) atoms. The highest BCUT2D eigenvalue weighted by Crippen LogP contribution is 2.26. The van der Waals surface area contributed by atoms with Gasteiger partial charge in [-0.1, -0.05) is 0 Å². The second-order valence-corrected chi connectivity index (χ2v) is 7.04. The van der Waals surface area contributed by atoms with Crippen molar-refractivity contribution < 1.29 is 18.3 Å². The van der Waals surface area contributed by atoms with E-state index < -0.39 is 10.0 Å². The molecule has 2 N–H and O–H groups in total. The fraction of sp³-hybridized carbons (Fsp3) is 0.636. The smallest absolute Gasteiger partial charge is 0.242 e. The molecule has 2 atom stereocenters. The maximum absolute atomic E-state index is 12.2. The second-order valence-electron chi connectivity index (χ2n) is 4.36. The summed E-state index contributed by atoms with van der Waals surface area (Å²) in [5.41, 5.74) is 0. The molecule has 0 spiro atoms. The van der Waals surface area contributed by atoms with Gasteiger partial charge in [0.15, 0.2) is 0 Å². The molecule has 1 saturated carbocycles. The Kier molecular flexibility index (Phi) is 4.39. The first-order chi connectivity index (χ1) is 8.56. The van der Waals surface area contributed by atoms with Crippen LogP contribution in [0.25, 0.3) is 0 Å². The number of thiophene rings is 1. The van der Waals surface area contributed by atoms with Crippen molar-refractivity contribution in [1.82, 2.24) is 4.72 Å². The second kappa shape index (κ2) is 5.66. The molecule has 2 rings (SSSR count). The maximum Gasteiger partial charge on any atom is 0.242 e. The van der Waals surface area contributed by atoms with Crippen molar-refractivity contribution in [2.24, 2.45) is 0 Å². The summed E-state index contributed by atoms with van der Waals surface area (Å²) in [6, 6.07) is 1.45. The van der Waals surface area contributed by atoms with E-state index in [1.54, 1.807) is 12.5 Å². The third-order valence-corrected chi connectivity index (χ3v) is 5.82. The summed E-state index contributed by atoms with van der Waals surface area (Å²) in [7, 11) is -1.89. The van der Waals surface area contributed by atoms with E-state index in [4.69, 9.17) is 9.84 Å². The van der Waals surface area contributed by atoms with Crippen molar-refractivity contribution in [3.63, 3.8) is 0 Å². The van der Waals surface area contributed by atoms with Crippen LogP contribution in [0, 0.1) is 0 Å². The fourth-order valence-corrected chi connectivity index (χ4v) is 4.81. The Morgan fingerprint density at radius 1 is 1.56 bits per heavy atom. The molecule has 7 heteroatoms. The molecule has 5 nitrogen and oxygen atoms in total. The van der Waals surface area contributed by atoms with Gasteiger partial charge in [-0.05, 0) is 30.7 Å². The number of aliphatic hydroxyl groups excluding tert-OH is 1. The first-order valence-electron chi connectivity index (χ1n) is 5.79. The summed E-state index contributed by atoms with van der Waals surface area (Å²) in [5, 5.41) is 10.8. The van der Waals surface area contributed by atoms with Crippen LogP contribution >= 0.6 is 11.3 Å². The van der Waals surface area contributed by atoms with Crippen molar-refractivity contribution in [2.45, 2.75) is 42.9 Å². The minimum Gasteiger partial charge on any atom is -0.391 e. The molecule has 2 unspecified atom stereocenters. The number of ether oxygens (including phenoxy) is 1. The normalized spacial score (nSPS) is 24.6. The van der Waals surface area contributed by atoms with Crippen LogP contribution in [0.3, 0.4) is 0 Å². The summed E-state index contributed by atoms with van der Waals surface area (Å²) < 4.78 is 32.2. The van der Waals surface area contributed by atoms with Crippen LogP contribution in [0.1, 0.15) is 24.1 Å². The monoisotopic (exact) mass is 291 g/mol. The average Bonchev–Trinajstić information content (AvgIpc) is 2.96. The molecule has 1 fully saturated rings. The summed E-state index contributed by atoms with van der Waals surface area (Å²) in [6.45, 7) is -0.251. The number of methoxy groups -OCH3 is 1. The third-order valence-electron chi connectivity index (χ3n) is 3.18. The van der Waals surface area contributed by atoms with Gasteiger partial charge >= 0.3 is 0 Å². The number of hydrogen-bond donors (Lipinski definition) is 2. The number of sulfonamides is 1. The van der Waals surface area contributed by atoms with E-state index in [1.165, 1.54) is 17.4 Å². The van der Waals surface area contributed by atoms with Gasteiger partial charge in [-0.3, -0.25) is 0 Å². The molecule has 1 aromatic rings. The van der Waals surface area contributed by atoms with E-state index in [-0.39, 0.29) is 23.6 Å². The SMILES string of the molecule is COC1CCC(NS(=O)(=O)c2ccsc2CO)C1. The molecule has 0 saturated heterocycles. The summed E-state index contributed by atoms with van der Waals surface area (Å²) in [6.07, 6.45) is 2.50. The molecule has 0 radical (unpaired) electrons. The van der Waals surface area contributed by atoms with E-state index in [1.807, 2.05) is 0 Å². The van der Waals surface area contributed by atoms with E-state index in [9.17, 15) is 8.42 Å². The van der Waals surface area contributed by atoms with E-state index in [2.05, 4.69) is 4.72 Å². The summed E-state index contributed by atoms with van der Waals surface area (Å²) in [4.78, 5) is 0.666. The van der Waals surface area contributed by atoms with Gasteiger partial charge in [0.25, 0.3) is 0 Å². The molecule has 0 bridgehead atoms. The van der Waals surface area contributed by atoms with Gasteiger partial charge in [-0.25, -0.2) is 13.1 Å². The van der Waals surface area contributed by atoms with Gasteiger partial charge in [0.2, 0.25) is 10.0 Å². The third kappa shape index (κ3) is 2.92. The lowest BCUT2D eigenvalue weighted by atomic mass is 10.3. The van der Waals surface area contributed by atoms with Crippen LogP contribution in [0.2, 0.25) is 0 Å². The average molecular weight is 291 g/mol. The highest BCUT2D eigenvalue weighted by molar-refractivity contribution is 7.89. The van der Waals surface area contributed by atoms with Gasteiger partial charge in [0.05, 0.1) is 17.6 Å². The first kappa shape index (κ1) is 14.0. The van der Waals surface area contributed by atoms with Gasteiger partial charge in [0, 0.05) is 18.0 Å². The van der Waals surface area contributed by atoms with Crippen LogP contribution in [0.15, 0.2) is 16.3 Å².